The van der Waals surface area contributed by atoms with Crippen molar-refractivity contribution >= 4 is 29.2 Å². The minimum Gasteiger partial charge on any atom is -0.481 e. The number of hydrogen-bond acceptors (Lipinski definition) is 1. The Morgan fingerprint density at radius 2 is 2.12 bits per heavy atom. The standard InChI is InChI=1S/C12H18Cl2O2/c1-4-5-6-12(13,14)7-8-9(10(15)16)11(8,2)3/h7,9H,4-6H2,1-3H3,(H,15,16). The minimum atomic E-state index is -0.924. The van der Waals surface area contributed by atoms with Crippen LogP contribution in [-0.4, -0.2) is 15.4 Å². The molecule has 1 aliphatic carbocycles. The molecule has 0 spiro atoms. The van der Waals surface area contributed by atoms with Crippen LogP contribution in [0.4, 0.5) is 0 Å². The molecule has 92 valence electrons. The highest BCUT2D eigenvalue weighted by atomic mass is 35.5. The zero-order chi connectivity index (χ0) is 12.6. The van der Waals surface area contributed by atoms with Crippen LogP contribution in [0.25, 0.3) is 0 Å². The number of carboxylic acid groups (broad SMARTS) is 1. The molecule has 1 saturated carbocycles. The Hall–Kier alpha value is -0.210. The van der Waals surface area contributed by atoms with Crippen molar-refractivity contribution in [3.8, 4) is 0 Å². The van der Waals surface area contributed by atoms with E-state index in [9.17, 15) is 4.79 Å². The number of alkyl halides is 2. The van der Waals surface area contributed by atoms with Gasteiger partial charge in [-0.25, -0.2) is 0 Å². The van der Waals surface area contributed by atoms with Gasteiger partial charge >= 0.3 is 5.97 Å². The lowest BCUT2D eigenvalue weighted by Gasteiger charge is -2.14. The number of rotatable bonds is 5. The van der Waals surface area contributed by atoms with E-state index in [0.29, 0.717) is 6.42 Å². The summed E-state index contributed by atoms with van der Waals surface area (Å²) in [5.74, 6) is -1.22. The third-order valence-electron chi connectivity index (χ3n) is 3.17. The van der Waals surface area contributed by atoms with E-state index in [2.05, 4.69) is 6.92 Å². The molecule has 0 saturated heterocycles. The predicted molar refractivity (Wildman–Crippen MR) is 67.0 cm³/mol. The fourth-order valence-corrected chi connectivity index (χ4v) is 2.51. The number of halogens is 2. The van der Waals surface area contributed by atoms with Crippen molar-refractivity contribution in [2.45, 2.75) is 44.4 Å². The van der Waals surface area contributed by atoms with Crippen LogP contribution >= 0.6 is 23.2 Å². The average molecular weight is 265 g/mol. The normalized spacial score (nSPS) is 25.8. The zero-order valence-corrected chi connectivity index (χ0v) is 11.4. The maximum atomic E-state index is 11.0. The van der Waals surface area contributed by atoms with Gasteiger partial charge in [-0.05, 0) is 18.1 Å². The number of allylic oxidation sites excluding steroid dienone is 1. The summed E-state index contributed by atoms with van der Waals surface area (Å²) in [5, 5.41) is 9.01. The SMILES string of the molecule is CCCCC(Cl)(Cl)C=C1C(C(=O)O)C1(C)C. The summed E-state index contributed by atoms with van der Waals surface area (Å²) < 4.78 is -0.924. The van der Waals surface area contributed by atoms with Gasteiger partial charge in [0.2, 0.25) is 0 Å². The minimum absolute atomic E-state index is 0.299. The van der Waals surface area contributed by atoms with Crippen LogP contribution < -0.4 is 0 Å². The van der Waals surface area contributed by atoms with Crippen molar-refractivity contribution in [3.05, 3.63) is 11.6 Å². The van der Waals surface area contributed by atoms with E-state index in [1.54, 1.807) is 6.08 Å². The maximum Gasteiger partial charge on any atom is 0.311 e. The molecule has 0 heterocycles. The van der Waals surface area contributed by atoms with Gasteiger partial charge in [0.1, 0.15) is 4.33 Å². The summed E-state index contributed by atoms with van der Waals surface area (Å²) in [6.45, 7) is 5.88. The Morgan fingerprint density at radius 3 is 2.50 bits per heavy atom. The lowest BCUT2D eigenvalue weighted by molar-refractivity contribution is -0.139. The monoisotopic (exact) mass is 264 g/mol. The third kappa shape index (κ3) is 2.92. The maximum absolute atomic E-state index is 11.0. The van der Waals surface area contributed by atoms with Gasteiger partial charge in [-0.1, -0.05) is 56.8 Å². The Morgan fingerprint density at radius 1 is 1.56 bits per heavy atom. The van der Waals surface area contributed by atoms with E-state index in [4.69, 9.17) is 28.3 Å². The van der Waals surface area contributed by atoms with Gasteiger partial charge in [-0.15, -0.1) is 0 Å². The molecule has 1 unspecified atom stereocenters. The number of aliphatic carboxylic acids is 1. The first-order valence-corrected chi connectivity index (χ1v) is 6.32. The number of unbranched alkanes of at least 4 members (excludes halogenated alkanes) is 1. The second kappa shape index (κ2) is 4.58. The van der Waals surface area contributed by atoms with Crippen molar-refractivity contribution in [2.24, 2.45) is 11.3 Å². The van der Waals surface area contributed by atoms with E-state index in [-0.39, 0.29) is 5.41 Å². The van der Waals surface area contributed by atoms with Crippen LogP contribution in [0.3, 0.4) is 0 Å². The van der Waals surface area contributed by atoms with Crippen LogP contribution in [0.5, 0.6) is 0 Å². The average Bonchev–Trinajstić information content (AvgIpc) is 2.64. The fraction of sp³-hybridized carbons (Fsp3) is 0.750. The van der Waals surface area contributed by atoms with Crippen LogP contribution in [0.2, 0.25) is 0 Å². The molecule has 0 amide bonds. The zero-order valence-electron chi connectivity index (χ0n) is 9.89. The van der Waals surface area contributed by atoms with E-state index >= 15 is 0 Å². The molecule has 0 aromatic rings. The molecule has 1 aliphatic rings. The molecule has 1 N–H and O–H groups in total. The first kappa shape index (κ1) is 13.9. The summed E-state index contributed by atoms with van der Waals surface area (Å²) in [5.41, 5.74) is 0.550. The summed E-state index contributed by atoms with van der Waals surface area (Å²) in [6.07, 6.45) is 4.36. The topological polar surface area (TPSA) is 37.3 Å². The van der Waals surface area contributed by atoms with Crippen molar-refractivity contribution < 1.29 is 9.90 Å². The van der Waals surface area contributed by atoms with Gasteiger partial charge in [0.05, 0.1) is 5.92 Å². The largest absolute Gasteiger partial charge is 0.481 e. The molecular formula is C12H18Cl2O2. The smallest absolute Gasteiger partial charge is 0.311 e. The molecule has 2 nitrogen and oxygen atoms in total. The van der Waals surface area contributed by atoms with Crippen molar-refractivity contribution in [1.29, 1.82) is 0 Å². The molecule has 1 rings (SSSR count). The van der Waals surface area contributed by atoms with Crippen LogP contribution in [0.15, 0.2) is 11.6 Å². The van der Waals surface area contributed by atoms with Gasteiger partial charge in [-0.3, -0.25) is 4.79 Å². The number of carbonyl (C=O) groups is 1. The second-order valence-corrected chi connectivity index (χ2v) is 6.50. The molecule has 0 aliphatic heterocycles. The Bertz CT molecular complexity index is 319. The summed E-state index contributed by atoms with van der Waals surface area (Å²) >= 11 is 12.3. The van der Waals surface area contributed by atoms with Crippen molar-refractivity contribution in [2.75, 3.05) is 0 Å². The number of carboxylic acids is 1. The fourth-order valence-electron chi connectivity index (χ4n) is 2.00. The van der Waals surface area contributed by atoms with Gasteiger partial charge in [-0.2, -0.15) is 0 Å². The van der Waals surface area contributed by atoms with Gasteiger partial charge in [0.25, 0.3) is 0 Å². The van der Waals surface area contributed by atoms with E-state index in [0.717, 1.165) is 18.4 Å². The Kier molecular flexibility index (Phi) is 3.96. The summed E-state index contributed by atoms with van der Waals surface area (Å²) in [7, 11) is 0. The summed E-state index contributed by atoms with van der Waals surface area (Å²) in [4.78, 5) is 11.0. The highest BCUT2D eigenvalue weighted by molar-refractivity contribution is 6.49. The lowest BCUT2D eigenvalue weighted by Crippen LogP contribution is -2.08. The van der Waals surface area contributed by atoms with Crippen LogP contribution in [0, 0.1) is 11.3 Å². The molecular weight excluding hydrogens is 247 g/mol. The Labute approximate surface area is 107 Å². The van der Waals surface area contributed by atoms with Crippen molar-refractivity contribution in [1.82, 2.24) is 0 Å². The Balaban J connectivity index is 2.75. The molecule has 1 atom stereocenters. The van der Waals surface area contributed by atoms with Crippen LogP contribution in [-0.2, 0) is 4.79 Å². The molecule has 0 aromatic carbocycles. The highest BCUT2D eigenvalue weighted by Crippen LogP contribution is 2.59. The van der Waals surface area contributed by atoms with Crippen molar-refractivity contribution in [3.63, 3.8) is 0 Å². The molecule has 0 radical (unpaired) electrons. The molecule has 4 heteroatoms. The van der Waals surface area contributed by atoms with E-state index < -0.39 is 16.2 Å². The van der Waals surface area contributed by atoms with Gasteiger partial charge in [0, 0.05) is 5.41 Å². The summed E-state index contributed by atoms with van der Waals surface area (Å²) in [6, 6.07) is 0. The molecule has 0 bridgehead atoms. The van der Waals surface area contributed by atoms with Gasteiger partial charge < -0.3 is 5.11 Å². The molecule has 0 aromatic heterocycles. The molecule has 1 fully saturated rings. The van der Waals surface area contributed by atoms with Crippen LogP contribution in [0.1, 0.15) is 40.0 Å². The van der Waals surface area contributed by atoms with E-state index in [1.807, 2.05) is 13.8 Å². The first-order chi connectivity index (χ1) is 7.22. The lowest BCUT2D eigenvalue weighted by atomic mass is 10.1. The quantitative estimate of drug-likeness (QED) is 0.602. The second-order valence-electron chi connectivity index (χ2n) is 4.96. The predicted octanol–water partition coefficient (Wildman–Crippen LogP) is 4.02. The molecule has 16 heavy (non-hydrogen) atoms. The van der Waals surface area contributed by atoms with Gasteiger partial charge in [0.15, 0.2) is 0 Å². The third-order valence-corrected chi connectivity index (χ3v) is 3.77. The highest BCUT2D eigenvalue weighted by Gasteiger charge is 2.57. The van der Waals surface area contributed by atoms with E-state index in [1.165, 1.54) is 0 Å². The first-order valence-electron chi connectivity index (χ1n) is 5.56. The number of hydrogen-bond donors (Lipinski definition) is 1.